The highest BCUT2D eigenvalue weighted by Crippen LogP contribution is 2.27. The molecule has 16 heavy (non-hydrogen) atoms. The lowest BCUT2D eigenvalue weighted by molar-refractivity contribution is 1.58. The van der Waals surface area contributed by atoms with E-state index < -0.39 is 0 Å². The number of hydrogen-bond donors (Lipinski definition) is 1. The predicted octanol–water partition coefficient (Wildman–Crippen LogP) is 3.64. The van der Waals surface area contributed by atoms with Crippen LogP contribution in [0.4, 0.5) is 0 Å². The van der Waals surface area contributed by atoms with Crippen molar-refractivity contribution in [3.63, 3.8) is 0 Å². The molecular formula is C13H10ClNS. The van der Waals surface area contributed by atoms with Crippen LogP contribution in [0.2, 0.25) is 5.02 Å². The molecule has 0 fully saturated rings. The first-order chi connectivity index (χ1) is 7.68. The van der Waals surface area contributed by atoms with Gasteiger partial charge in [0.15, 0.2) is 0 Å². The lowest BCUT2D eigenvalue weighted by Gasteiger charge is -2.05. The lowest BCUT2D eigenvalue weighted by Crippen LogP contribution is -2.08. The van der Waals surface area contributed by atoms with Crippen LogP contribution in [0.5, 0.6) is 0 Å². The molecule has 0 aliphatic rings. The Hall–Kier alpha value is -1.38. The first-order valence-electron chi connectivity index (χ1n) is 4.83. The third-order valence-corrected chi connectivity index (χ3v) is 2.92. The summed E-state index contributed by atoms with van der Waals surface area (Å²) in [7, 11) is 0. The van der Waals surface area contributed by atoms with Gasteiger partial charge in [-0.3, -0.25) is 0 Å². The average Bonchev–Trinajstić information content (AvgIpc) is 2.30. The summed E-state index contributed by atoms with van der Waals surface area (Å²) in [5.41, 5.74) is 8.48. The second-order valence-corrected chi connectivity index (χ2v) is 4.27. The van der Waals surface area contributed by atoms with Crippen LogP contribution in [0.1, 0.15) is 5.56 Å². The second kappa shape index (κ2) is 4.64. The molecule has 0 radical (unpaired) electrons. The maximum Gasteiger partial charge on any atom is 0.103 e. The highest BCUT2D eigenvalue weighted by atomic mass is 35.5. The van der Waals surface area contributed by atoms with Gasteiger partial charge in [0.25, 0.3) is 0 Å². The Kier molecular flexibility index (Phi) is 3.22. The first-order valence-corrected chi connectivity index (χ1v) is 5.62. The summed E-state index contributed by atoms with van der Waals surface area (Å²) >= 11 is 11.0. The number of thiocarbonyl (C=S) groups is 1. The van der Waals surface area contributed by atoms with E-state index in [4.69, 9.17) is 29.6 Å². The summed E-state index contributed by atoms with van der Waals surface area (Å²) in [5.74, 6) is 0. The van der Waals surface area contributed by atoms with E-state index in [1.165, 1.54) is 0 Å². The first kappa shape index (κ1) is 11.1. The predicted molar refractivity (Wildman–Crippen MR) is 72.8 cm³/mol. The van der Waals surface area contributed by atoms with E-state index in [0.717, 1.165) is 21.7 Å². The van der Waals surface area contributed by atoms with Crippen LogP contribution in [0.15, 0.2) is 48.5 Å². The third-order valence-electron chi connectivity index (χ3n) is 2.35. The zero-order valence-electron chi connectivity index (χ0n) is 8.48. The number of rotatable bonds is 2. The Morgan fingerprint density at radius 1 is 1.00 bits per heavy atom. The summed E-state index contributed by atoms with van der Waals surface area (Å²) in [6.07, 6.45) is 0. The van der Waals surface area contributed by atoms with Gasteiger partial charge in [0.2, 0.25) is 0 Å². The molecular weight excluding hydrogens is 238 g/mol. The van der Waals surface area contributed by atoms with Crippen molar-refractivity contribution in [3.8, 4) is 11.1 Å². The minimum Gasteiger partial charge on any atom is -0.389 e. The van der Waals surface area contributed by atoms with Crippen molar-refractivity contribution in [2.24, 2.45) is 5.73 Å². The molecule has 2 aromatic carbocycles. The van der Waals surface area contributed by atoms with Gasteiger partial charge in [0, 0.05) is 16.1 Å². The summed E-state index contributed by atoms with van der Waals surface area (Å²) in [5, 5.41) is 0.741. The standard InChI is InChI=1S/C13H10ClNS/c14-12-4-2-1-3-11(12)9-5-7-10(8-6-9)13(15)16/h1-8H,(H2,15,16). The molecule has 0 unspecified atom stereocenters. The van der Waals surface area contributed by atoms with E-state index in [1.54, 1.807) is 0 Å². The molecule has 2 aromatic rings. The monoisotopic (exact) mass is 247 g/mol. The highest BCUT2D eigenvalue weighted by Gasteiger charge is 2.02. The molecule has 0 atom stereocenters. The number of halogens is 1. The third kappa shape index (κ3) is 2.23. The molecule has 1 nitrogen and oxygen atoms in total. The fourth-order valence-electron chi connectivity index (χ4n) is 1.51. The van der Waals surface area contributed by atoms with E-state index in [0.29, 0.717) is 4.99 Å². The van der Waals surface area contributed by atoms with E-state index in [1.807, 2.05) is 48.5 Å². The summed E-state index contributed by atoms with van der Waals surface area (Å²) < 4.78 is 0. The van der Waals surface area contributed by atoms with Crippen molar-refractivity contribution < 1.29 is 0 Å². The van der Waals surface area contributed by atoms with Crippen molar-refractivity contribution in [1.29, 1.82) is 0 Å². The van der Waals surface area contributed by atoms with Crippen molar-refractivity contribution in [2.45, 2.75) is 0 Å². The molecule has 80 valence electrons. The Morgan fingerprint density at radius 2 is 1.62 bits per heavy atom. The van der Waals surface area contributed by atoms with E-state index in [9.17, 15) is 0 Å². The molecule has 0 aliphatic heterocycles. The van der Waals surface area contributed by atoms with Gasteiger partial charge in [-0.25, -0.2) is 0 Å². The van der Waals surface area contributed by atoms with Gasteiger partial charge in [-0.2, -0.15) is 0 Å². The largest absolute Gasteiger partial charge is 0.389 e. The average molecular weight is 248 g/mol. The highest BCUT2D eigenvalue weighted by molar-refractivity contribution is 7.80. The normalized spacial score (nSPS) is 10.1. The van der Waals surface area contributed by atoms with Crippen LogP contribution in [0.3, 0.4) is 0 Å². The van der Waals surface area contributed by atoms with Crippen LogP contribution < -0.4 is 5.73 Å². The van der Waals surface area contributed by atoms with Gasteiger partial charge in [0.05, 0.1) is 0 Å². The molecule has 0 spiro atoms. The maximum atomic E-state index is 6.11. The Labute approximate surface area is 105 Å². The zero-order valence-corrected chi connectivity index (χ0v) is 10.1. The van der Waals surface area contributed by atoms with Crippen LogP contribution in [-0.2, 0) is 0 Å². The topological polar surface area (TPSA) is 26.0 Å². The Morgan fingerprint density at radius 3 is 2.19 bits per heavy atom. The van der Waals surface area contributed by atoms with Gasteiger partial charge in [-0.05, 0) is 11.6 Å². The summed E-state index contributed by atoms with van der Waals surface area (Å²) in [6.45, 7) is 0. The van der Waals surface area contributed by atoms with Gasteiger partial charge in [-0.15, -0.1) is 0 Å². The number of nitrogens with two attached hydrogens (primary N) is 1. The molecule has 2 N–H and O–H groups in total. The van der Waals surface area contributed by atoms with E-state index in [2.05, 4.69) is 0 Å². The van der Waals surface area contributed by atoms with E-state index >= 15 is 0 Å². The Bertz CT molecular complexity index is 520. The number of benzene rings is 2. The van der Waals surface area contributed by atoms with Gasteiger partial charge >= 0.3 is 0 Å². The van der Waals surface area contributed by atoms with Crippen LogP contribution >= 0.6 is 23.8 Å². The van der Waals surface area contributed by atoms with Gasteiger partial charge < -0.3 is 5.73 Å². The molecule has 0 aliphatic carbocycles. The maximum absolute atomic E-state index is 6.11. The van der Waals surface area contributed by atoms with Gasteiger partial charge in [0.1, 0.15) is 4.99 Å². The molecule has 0 saturated carbocycles. The molecule has 0 bridgehead atoms. The second-order valence-electron chi connectivity index (χ2n) is 3.42. The van der Waals surface area contributed by atoms with Crippen molar-refractivity contribution in [1.82, 2.24) is 0 Å². The lowest BCUT2D eigenvalue weighted by atomic mass is 10.0. The molecule has 2 rings (SSSR count). The smallest absolute Gasteiger partial charge is 0.103 e. The fraction of sp³-hybridized carbons (Fsp3) is 0. The molecule has 0 heterocycles. The van der Waals surface area contributed by atoms with Crippen LogP contribution in [-0.4, -0.2) is 4.99 Å². The Balaban J connectivity index is 2.43. The number of hydrogen-bond acceptors (Lipinski definition) is 1. The van der Waals surface area contributed by atoms with Crippen LogP contribution in [0, 0.1) is 0 Å². The van der Waals surface area contributed by atoms with E-state index in [-0.39, 0.29) is 0 Å². The molecule has 0 amide bonds. The molecule has 3 heteroatoms. The zero-order chi connectivity index (χ0) is 11.5. The van der Waals surface area contributed by atoms with Crippen molar-refractivity contribution in [2.75, 3.05) is 0 Å². The summed E-state index contributed by atoms with van der Waals surface area (Å²) in [4.78, 5) is 0.408. The van der Waals surface area contributed by atoms with Crippen molar-refractivity contribution in [3.05, 3.63) is 59.1 Å². The van der Waals surface area contributed by atoms with Gasteiger partial charge in [-0.1, -0.05) is 66.3 Å². The van der Waals surface area contributed by atoms with Crippen molar-refractivity contribution >= 4 is 28.8 Å². The minimum absolute atomic E-state index is 0.408. The summed E-state index contributed by atoms with van der Waals surface area (Å²) in [6, 6.07) is 15.5. The molecule has 0 aromatic heterocycles. The molecule has 0 saturated heterocycles. The van der Waals surface area contributed by atoms with Crippen LogP contribution in [0.25, 0.3) is 11.1 Å². The SMILES string of the molecule is NC(=S)c1ccc(-c2ccccc2Cl)cc1. The minimum atomic E-state index is 0.408. The fourth-order valence-corrected chi connectivity index (χ4v) is 1.89. The quantitative estimate of drug-likeness (QED) is 0.820.